The lowest BCUT2D eigenvalue weighted by Crippen LogP contribution is -2.08. The van der Waals surface area contributed by atoms with Crippen molar-refractivity contribution in [1.29, 1.82) is 0 Å². The highest BCUT2D eigenvalue weighted by Crippen LogP contribution is 2.20. The summed E-state index contributed by atoms with van der Waals surface area (Å²) in [6, 6.07) is 12.7. The van der Waals surface area contributed by atoms with Crippen LogP contribution in [0.25, 0.3) is 16.7 Å². The molecule has 1 N–H and O–H groups in total. The Morgan fingerprint density at radius 2 is 1.86 bits per heavy atom. The molecule has 1 aromatic heterocycles. The molecule has 0 bridgehead atoms. The van der Waals surface area contributed by atoms with Gasteiger partial charge in [0.2, 0.25) is 0 Å². The van der Waals surface area contributed by atoms with Gasteiger partial charge in [-0.2, -0.15) is 0 Å². The molecule has 0 amide bonds. The third-order valence-electron chi connectivity index (χ3n) is 3.30. The SMILES string of the molecule is CN(C)c1ccc(-n2nnc3cc(C(=O)O)ccc32)cc1. The summed E-state index contributed by atoms with van der Waals surface area (Å²) < 4.78 is 1.69. The van der Waals surface area contributed by atoms with Crippen molar-refractivity contribution in [3.63, 3.8) is 0 Å². The van der Waals surface area contributed by atoms with Crippen molar-refractivity contribution >= 4 is 22.7 Å². The Labute approximate surface area is 121 Å². The predicted octanol–water partition coefficient (Wildman–Crippen LogP) is 2.18. The Morgan fingerprint density at radius 3 is 2.48 bits per heavy atom. The number of fused-ring (bicyclic) bond motifs is 1. The van der Waals surface area contributed by atoms with E-state index in [-0.39, 0.29) is 5.56 Å². The van der Waals surface area contributed by atoms with E-state index in [1.54, 1.807) is 16.8 Å². The Hall–Kier alpha value is -2.89. The number of benzene rings is 2. The number of nitrogens with zero attached hydrogens (tertiary/aromatic N) is 4. The fourth-order valence-corrected chi connectivity index (χ4v) is 2.14. The van der Waals surface area contributed by atoms with E-state index >= 15 is 0 Å². The fraction of sp³-hybridized carbons (Fsp3) is 0.133. The van der Waals surface area contributed by atoms with Gasteiger partial charge >= 0.3 is 5.97 Å². The van der Waals surface area contributed by atoms with Crippen molar-refractivity contribution in [2.75, 3.05) is 19.0 Å². The molecular formula is C15H14N4O2. The zero-order valence-electron chi connectivity index (χ0n) is 11.7. The molecule has 0 saturated heterocycles. The standard InChI is InChI=1S/C15H14N4O2/c1-18(2)11-4-6-12(7-5-11)19-14-8-3-10(15(20)21)9-13(14)16-17-19/h3-9H,1-2H3,(H,20,21). The van der Waals surface area contributed by atoms with Crippen molar-refractivity contribution in [2.45, 2.75) is 0 Å². The van der Waals surface area contributed by atoms with Crippen molar-refractivity contribution in [2.24, 2.45) is 0 Å². The average molecular weight is 282 g/mol. The van der Waals surface area contributed by atoms with E-state index in [4.69, 9.17) is 5.11 Å². The predicted molar refractivity (Wildman–Crippen MR) is 80.2 cm³/mol. The van der Waals surface area contributed by atoms with Crippen molar-refractivity contribution in [3.8, 4) is 5.69 Å². The van der Waals surface area contributed by atoms with Gasteiger partial charge in [0.05, 0.1) is 16.8 Å². The molecule has 0 aliphatic carbocycles. The first-order chi connectivity index (χ1) is 10.1. The second-order valence-electron chi connectivity index (χ2n) is 4.92. The molecule has 0 fully saturated rings. The highest BCUT2D eigenvalue weighted by Gasteiger charge is 2.10. The number of carboxylic acid groups (broad SMARTS) is 1. The van der Waals surface area contributed by atoms with Gasteiger partial charge in [-0.1, -0.05) is 5.21 Å². The maximum absolute atomic E-state index is 11.0. The molecular weight excluding hydrogens is 268 g/mol. The third-order valence-corrected chi connectivity index (χ3v) is 3.30. The highest BCUT2D eigenvalue weighted by atomic mass is 16.4. The zero-order chi connectivity index (χ0) is 15.0. The number of anilines is 1. The minimum Gasteiger partial charge on any atom is -0.478 e. The van der Waals surface area contributed by atoms with Crippen LogP contribution in [0.15, 0.2) is 42.5 Å². The lowest BCUT2D eigenvalue weighted by Gasteiger charge is -2.12. The zero-order valence-corrected chi connectivity index (χ0v) is 11.7. The molecule has 0 unspecified atom stereocenters. The second-order valence-corrected chi connectivity index (χ2v) is 4.92. The van der Waals surface area contributed by atoms with E-state index in [2.05, 4.69) is 10.3 Å². The molecule has 3 rings (SSSR count). The number of hydrogen-bond donors (Lipinski definition) is 1. The highest BCUT2D eigenvalue weighted by molar-refractivity contribution is 5.92. The van der Waals surface area contributed by atoms with Crippen LogP contribution in [0.4, 0.5) is 5.69 Å². The summed E-state index contributed by atoms with van der Waals surface area (Å²) >= 11 is 0. The molecule has 21 heavy (non-hydrogen) atoms. The summed E-state index contributed by atoms with van der Waals surface area (Å²) in [6.07, 6.45) is 0. The van der Waals surface area contributed by atoms with Crippen LogP contribution in [-0.4, -0.2) is 40.2 Å². The number of carboxylic acids is 1. The Morgan fingerprint density at radius 1 is 1.14 bits per heavy atom. The van der Waals surface area contributed by atoms with Crippen LogP contribution < -0.4 is 4.90 Å². The van der Waals surface area contributed by atoms with Gasteiger partial charge in [0.15, 0.2) is 0 Å². The number of rotatable bonds is 3. The molecule has 0 aliphatic heterocycles. The van der Waals surface area contributed by atoms with Gasteiger partial charge in [-0.15, -0.1) is 5.10 Å². The van der Waals surface area contributed by atoms with Gasteiger partial charge in [-0.25, -0.2) is 9.48 Å². The molecule has 0 radical (unpaired) electrons. The lowest BCUT2D eigenvalue weighted by molar-refractivity contribution is 0.0697. The second kappa shape index (κ2) is 4.90. The summed E-state index contributed by atoms with van der Waals surface area (Å²) in [4.78, 5) is 13.0. The molecule has 0 atom stereocenters. The number of hydrogen-bond acceptors (Lipinski definition) is 4. The smallest absolute Gasteiger partial charge is 0.335 e. The van der Waals surface area contributed by atoms with E-state index < -0.39 is 5.97 Å². The van der Waals surface area contributed by atoms with E-state index in [1.165, 1.54) is 6.07 Å². The number of aromatic carboxylic acids is 1. The largest absolute Gasteiger partial charge is 0.478 e. The minimum atomic E-state index is -0.971. The van der Waals surface area contributed by atoms with Crippen molar-refractivity contribution in [3.05, 3.63) is 48.0 Å². The summed E-state index contributed by atoms with van der Waals surface area (Å²) in [5.41, 5.74) is 3.52. The van der Waals surface area contributed by atoms with Crippen LogP contribution in [0.5, 0.6) is 0 Å². The fourth-order valence-electron chi connectivity index (χ4n) is 2.14. The molecule has 0 saturated carbocycles. The van der Waals surface area contributed by atoms with Gasteiger partial charge in [0.25, 0.3) is 0 Å². The van der Waals surface area contributed by atoms with Crippen LogP contribution in [0, 0.1) is 0 Å². The van der Waals surface area contributed by atoms with Gasteiger partial charge < -0.3 is 10.0 Å². The molecule has 2 aromatic carbocycles. The molecule has 6 heteroatoms. The van der Waals surface area contributed by atoms with Crippen LogP contribution in [-0.2, 0) is 0 Å². The number of aromatic nitrogens is 3. The maximum atomic E-state index is 11.0. The number of carbonyl (C=O) groups is 1. The summed E-state index contributed by atoms with van der Waals surface area (Å²) in [5, 5.41) is 17.1. The van der Waals surface area contributed by atoms with Gasteiger partial charge in [-0.05, 0) is 42.5 Å². The average Bonchev–Trinajstić information content (AvgIpc) is 2.90. The van der Waals surface area contributed by atoms with Gasteiger partial charge in [0.1, 0.15) is 5.52 Å². The van der Waals surface area contributed by atoms with Crippen LogP contribution in [0.2, 0.25) is 0 Å². The minimum absolute atomic E-state index is 0.206. The van der Waals surface area contributed by atoms with Crippen molar-refractivity contribution in [1.82, 2.24) is 15.0 Å². The van der Waals surface area contributed by atoms with Crippen LogP contribution in [0.1, 0.15) is 10.4 Å². The quantitative estimate of drug-likeness (QED) is 0.797. The third kappa shape index (κ3) is 2.31. The molecule has 0 aliphatic rings. The summed E-state index contributed by atoms with van der Waals surface area (Å²) in [5.74, 6) is -0.971. The Balaban J connectivity index is 2.06. The van der Waals surface area contributed by atoms with E-state index in [9.17, 15) is 4.79 Å². The van der Waals surface area contributed by atoms with Crippen LogP contribution >= 0.6 is 0 Å². The Bertz CT molecular complexity index is 806. The van der Waals surface area contributed by atoms with E-state index in [0.717, 1.165) is 16.9 Å². The van der Waals surface area contributed by atoms with Gasteiger partial charge in [0, 0.05) is 19.8 Å². The van der Waals surface area contributed by atoms with E-state index in [1.807, 2.05) is 43.3 Å². The molecule has 1 heterocycles. The molecule has 6 nitrogen and oxygen atoms in total. The first-order valence-corrected chi connectivity index (χ1v) is 6.43. The summed E-state index contributed by atoms with van der Waals surface area (Å²) in [7, 11) is 3.96. The monoisotopic (exact) mass is 282 g/mol. The molecule has 0 spiro atoms. The molecule has 106 valence electrons. The van der Waals surface area contributed by atoms with E-state index in [0.29, 0.717) is 5.52 Å². The molecule has 3 aromatic rings. The normalized spacial score (nSPS) is 10.8. The van der Waals surface area contributed by atoms with Gasteiger partial charge in [-0.3, -0.25) is 0 Å². The van der Waals surface area contributed by atoms with Crippen LogP contribution in [0.3, 0.4) is 0 Å². The first-order valence-electron chi connectivity index (χ1n) is 6.43. The topological polar surface area (TPSA) is 71.2 Å². The first kappa shape index (κ1) is 13.1. The summed E-state index contributed by atoms with van der Waals surface area (Å²) in [6.45, 7) is 0. The van der Waals surface area contributed by atoms with Crippen molar-refractivity contribution < 1.29 is 9.90 Å². The Kier molecular flexibility index (Phi) is 3.06. The lowest BCUT2D eigenvalue weighted by atomic mass is 10.2. The maximum Gasteiger partial charge on any atom is 0.335 e.